The fourth-order valence-electron chi connectivity index (χ4n) is 1.48. The zero-order valence-electron chi connectivity index (χ0n) is 7.81. The first-order valence-electron chi connectivity index (χ1n) is 4.52. The smallest absolute Gasteiger partial charge is 0.0646 e. The topological polar surface area (TPSA) is 21.3 Å². The van der Waals surface area contributed by atoms with Crippen molar-refractivity contribution in [2.45, 2.75) is 45.2 Å². The van der Waals surface area contributed by atoms with Crippen molar-refractivity contribution in [1.82, 2.24) is 5.32 Å². The molecular weight excluding hydrogens is 138 g/mol. The molecule has 0 aliphatic carbocycles. The molecule has 0 radical (unpaired) electrons. The van der Waals surface area contributed by atoms with Crippen LogP contribution in [-0.4, -0.2) is 24.8 Å². The fraction of sp³-hybridized carbons (Fsp3) is 1.00. The van der Waals surface area contributed by atoms with Crippen molar-refractivity contribution in [3.05, 3.63) is 0 Å². The second-order valence-electron chi connectivity index (χ2n) is 3.82. The molecule has 2 unspecified atom stereocenters. The highest BCUT2D eigenvalue weighted by Crippen LogP contribution is 2.18. The highest BCUT2D eigenvalue weighted by molar-refractivity contribution is 4.88. The minimum atomic E-state index is 0.245. The lowest BCUT2D eigenvalue weighted by molar-refractivity contribution is 0.167. The summed E-state index contributed by atoms with van der Waals surface area (Å²) in [4.78, 5) is 0. The van der Waals surface area contributed by atoms with Crippen LogP contribution >= 0.6 is 0 Å². The summed E-state index contributed by atoms with van der Waals surface area (Å²) in [5.74, 6) is 0. The first-order chi connectivity index (χ1) is 5.16. The summed E-state index contributed by atoms with van der Waals surface area (Å²) in [5.41, 5.74) is 0.245. The summed E-state index contributed by atoms with van der Waals surface area (Å²) in [5, 5.41) is 3.58. The highest BCUT2D eigenvalue weighted by Gasteiger charge is 2.29. The van der Waals surface area contributed by atoms with E-state index < -0.39 is 0 Å². The average molecular weight is 157 g/mol. The Morgan fingerprint density at radius 3 is 2.82 bits per heavy atom. The lowest BCUT2D eigenvalue weighted by atomic mass is 10.0. The largest absolute Gasteiger partial charge is 0.379 e. The molecule has 0 aromatic heterocycles. The zero-order chi connectivity index (χ0) is 8.32. The van der Waals surface area contributed by atoms with Crippen LogP contribution in [0.5, 0.6) is 0 Å². The van der Waals surface area contributed by atoms with Crippen LogP contribution in [0.2, 0.25) is 0 Å². The zero-order valence-corrected chi connectivity index (χ0v) is 7.81. The molecule has 2 nitrogen and oxygen atoms in total. The van der Waals surface area contributed by atoms with Crippen LogP contribution in [0.3, 0.4) is 0 Å². The van der Waals surface area contributed by atoms with Crippen molar-refractivity contribution in [3.8, 4) is 0 Å². The van der Waals surface area contributed by atoms with Gasteiger partial charge in [0.25, 0.3) is 0 Å². The van der Waals surface area contributed by atoms with Gasteiger partial charge < -0.3 is 10.1 Å². The molecule has 1 rings (SSSR count). The minimum absolute atomic E-state index is 0.245. The minimum Gasteiger partial charge on any atom is -0.379 e. The maximum Gasteiger partial charge on any atom is 0.0646 e. The van der Waals surface area contributed by atoms with Gasteiger partial charge in [-0.15, -0.1) is 0 Å². The Morgan fingerprint density at radius 2 is 2.36 bits per heavy atom. The summed E-state index contributed by atoms with van der Waals surface area (Å²) < 4.78 is 5.34. The lowest BCUT2D eigenvalue weighted by Gasteiger charge is -2.27. The van der Waals surface area contributed by atoms with E-state index in [1.807, 2.05) is 0 Å². The van der Waals surface area contributed by atoms with Crippen LogP contribution in [0.4, 0.5) is 0 Å². The van der Waals surface area contributed by atoms with Gasteiger partial charge in [-0.25, -0.2) is 0 Å². The third-order valence-electron chi connectivity index (χ3n) is 2.43. The third-order valence-corrected chi connectivity index (χ3v) is 2.43. The Bertz CT molecular complexity index is 119. The number of hydrogen-bond acceptors (Lipinski definition) is 2. The van der Waals surface area contributed by atoms with Gasteiger partial charge in [0.1, 0.15) is 0 Å². The molecule has 0 aromatic rings. The van der Waals surface area contributed by atoms with Crippen LogP contribution in [0.15, 0.2) is 0 Å². The Labute approximate surface area is 69.3 Å². The molecular formula is C9H19NO. The summed E-state index contributed by atoms with van der Waals surface area (Å²) in [6.07, 6.45) is 2.34. The summed E-state index contributed by atoms with van der Waals surface area (Å²) in [7, 11) is 0. The SMILES string of the molecule is CCC(C)NC1(C)CCOC1. The Kier molecular flexibility index (Phi) is 2.90. The molecule has 1 aliphatic heterocycles. The van der Waals surface area contributed by atoms with Gasteiger partial charge in [-0.1, -0.05) is 6.92 Å². The van der Waals surface area contributed by atoms with Gasteiger partial charge in [-0.2, -0.15) is 0 Å². The summed E-state index contributed by atoms with van der Waals surface area (Å²) in [6, 6.07) is 0.613. The van der Waals surface area contributed by atoms with E-state index in [-0.39, 0.29) is 5.54 Å². The molecule has 1 heterocycles. The van der Waals surface area contributed by atoms with Gasteiger partial charge in [0.05, 0.1) is 6.61 Å². The Morgan fingerprint density at radius 1 is 1.64 bits per heavy atom. The van der Waals surface area contributed by atoms with E-state index in [0.29, 0.717) is 6.04 Å². The molecule has 1 N–H and O–H groups in total. The third kappa shape index (κ3) is 2.46. The Balaban J connectivity index is 2.33. The second kappa shape index (κ2) is 3.55. The lowest BCUT2D eigenvalue weighted by Crippen LogP contribution is -2.47. The van der Waals surface area contributed by atoms with E-state index in [1.165, 1.54) is 6.42 Å². The molecule has 1 saturated heterocycles. The van der Waals surface area contributed by atoms with Crippen LogP contribution in [0.25, 0.3) is 0 Å². The molecule has 0 bridgehead atoms. The van der Waals surface area contributed by atoms with Crippen molar-refractivity contribution in [1.29, 1.82) is 0 Å². The molecule has 0 aromatic carbocycles. The van der Waals surface area contributed by atoms with Crippen LogP contribution in [0, 0.1) is 0 Å². The molecule has 2 atom stereocenters. The van der Waals surface area contributed by atoms with Crippen LogP contribution in [0.1, 0.15) is 33.6 Å². The number of nitrogens with one attached hydrogen (secondary N) is 1. The van der Waals surface area contributed by atoms with Gasteiger partial charge in [-0.05, 0) is 26.7 Å². The molecule has 1 fully saturated rings. The van der Waals surface area contributed by atoms with Crippen molar-refractivity contribution < 1.29 is 4.74 Å². The molecule has 11 heavy (non-hydrogen) atoms. The van der Waals surface area contributed by atoms with Crippen molar-refractivity contribution in [3.63, 3.8) is 0 Å². The van der Waals surface area contributed by atoms with Crippen molar-refractivity contribution in [2.24, 2.45) is 0 Å². The van der Waals surface area contributed by atoms with E-state index in [2.05, 4.69) is 26.1 Å². The second-order valence-corrected chi connectivity index (χ2v) is 3.82. The van der Waals surface area contributed by atoms with Crippen molar-refractivity contribution in [2.75, 3.05) is 13.2 Å². The monoisotopic (exact) mass is 157 g/mol. The van der Waals surface area contributed by atoms with Gasteiger partial charge in [-0.3, -0.25) is 0 Å². The first-order valence-corrected chi connectivity index (χ1v) is 4.52. The van der Waals surface area contributed by atoms with E-state index in [1.54, 1.807) is 0 Å². The van der Waals surface area contributed by atoms with Crippen molar-refractivity contribution >= 4 is 0 Å². The van der Waals surface area contributed by atoms with Gasteiger partial charge in [0.2, 0.25) is 0 Å². The number of rotatable bonds is 3. The first kappa shape index (κ1) is 9.01. The summed E-state index contributed by atoms with van der Waals surface area (Å²) >= 11 is 0. The van der Waals surface area contributed by atoms with Gasteiger partial charge >= 0.3 is 0 Å². The van der Waals surface area contributed by atoms with E-state index in [4.69, 9.17) is 4.74 Å². The molecule has 0 amide bonds. The normalized spacial score (nSPS) is 34.1. The molecule has 1 aliphatic rings. The van der Waals surface area contributed by atoms with E-state index >= 15 is 0 Å². The quantitative estimate of drug-likeness (QED) is 0.671. The standard InChI is InChI=1S/C9H19NO/c1-4-8(2)10-9(3)5-6-11-7-9/h8,10H,4-7H2,1-3H3. The summed E-state index contributed by atoms with van der Waals surface area (Å²) in [6.45, 7) is 8.46. The van der Waals surface area contributed by atoms with E-state index in [9.17, 15) is 0 Å². The fourth-order valence-corrected chi connectivity index (χ4v) is 1.48. The Hall–Kier alpha value is -0.0800. The number of hydrogen-bond donors (Lipinski definition) is 1. The van der Waals surface area contributed by atoms with Crippen LogP contribution < -0.4 is 5.32 Å². The van der Waals surface area contributed by atoms with E-state index in [0.717, 1.165) is 19.6 Å². The highest BCUT2D eigenvalue weighted by atomic mass is 16.5. The van der Waals surface area contributed by atoms with Gasteiger partial charge in [0, 0.05) is 18.2 Å². The maximum atomic E-state index is 5.34. The number of ether oxygens (including phenoxy) is 1. The predicted molar refractivity (Wildman–Crippen MR) is 46.7 cm³/mol. The molecule has 66 valence electrons. The molecule has 0 saturated carbocycles. The van der Waals surface area contributed by atoms with Crippen LogP contribution in [-0.2, 0) is 4.74 Å². The average Bonchev–Trinajstić information content (AvgIpc) is 2.36. The maximum absolute atomic E-state index is 5.34. The predicted octanol–water partition coefficient (Wildman–Crippen LogP) is 1.55. The van der Waals surface area contributed by atoms with Gasteiger partial charge in [0.15, 0.2) is 0 Å². The molecule has 0 spiro atoms. The molecule has 2 heteroatoms.